The van der Waals surface area contributed by atoms with Gasteiger partial charge in [0.1, 0.15) is 6.04 Å². The summed E-state index contributed by atoms with van der Waals surface area (Å²) < 4.78 is 0. The number of fused-ring (bicyclic) bond motifs is 1. The molecular weight excluding hydrogens is 162 g/mol. The predicted octanol–water partition coefficient (Wildman–Crippen LogP) is 3.39. The minimum atomic E-state index is -0.104. The fourth-order valence-electron chi connectivity index (χ4n) is 2.09. The molecule has 0 heterocycles. The van der Waals surface area contributed by atoms with E-state index in [0.29, 0.717) is 5.92 Å². The molecule has 0 saturated heterocycles. The van der Waals surface area contributed by atoms with Gasteiger partial charge < -0.3 is 0 Å². The molecule has 0 radical (unpaired) electrons. The quantitative estimate of drug-likeness (QED) is 0.601. The van der Waals surface area contributed by atoms with Crippen molar-refractivity contribution in [3.63, 3.8) is 0 Å². The lowest BCUT2D eigenvalue weighted by Gasteiger charge is -2.25. The first-order valence-corrected chi connectivity index (χ1v) is 4.74. The van der Waals surface area contributed by atoms with Crippen molar-refractivity contribution in [3.8, 4) is 0 Å². The van der Waals surface area contributed by atoms with Gasteiger partial charge in [0.05, 0.1) is 0 Å². The molecule has 1 aromatic rings. The molecule has 0 bridgehead atoms. The van der Waals surface area contributed by atoms with Gasteiger partial charge in [0.25, 0.3) is 0 Å². The summed E-state index contributed by atoms with van der Waals surface area (Å²) in [5, 5.41) is 3.17. The van der Waals surface area contributed by atoms with E-state index in [-0.39, 0.29) is 6.04 Å². The monoisotopic (exact) mass is 175 g/mol. The number of nitroso groups, excluding NO2 is 1. The number of nitrogens with zero attached hydrogens (tertiary/aromatic N) is 1. The van der Waals surface area contributed by atoms with E-state index in [2.05, 4.69) is 18.2 Å². The van der Waals surface area contributed by atoms with Crippen molar-refractivity contribution in [1.29, 1.82) is 0 Å². The molecule has 2 nitrogen and oxygen atoms in total. The van der Waals surface area contributed by atoms with Crippen LogP contribution in [-0.4, -0.2) is 0 Å². The van der Waals surface area contributed by atoms with Crippen LogP contribution in [0, 0.1) is 4.91 Å². The Bertz CT molecular complexity index is 322. The molecule has 0 spiro atoms. The summed E-state index contributed by atoms with van der Waals surface area (Å²) in [5.74, 6) is 0.578. The molecule has 2 unspecified atom stereocenters. The van der Waals surface area contributed by atoms with Crippen LogP contribution in [0.4, 0.5) is 0 Å². The summed E-state index contributed by atoms with van der Waals surface area (Å²) in [6, 6.07) is 8.04. The highest BCUT2D eigenvalue weighted by molar-refractivity contribution is 5.34. The topological polar surface area (TPSA) is 29.4 Å². The molecule has 2 atom stereocenters. The van der Waals surface area contributed by atoms with Gasteiger partial charge in [-0.1, -0.05) is 36.4 Å². The highest BCUT2D eigenvalue weighted by Crippen LogP contribution is 2.38. The van der Waals surface area contributed by atoms with E-state index in [1.54, 1.807) is 0 Å². The zero-order valence-corrected chi connectivity index (χ0v) is 7.73. The van der Waals surface area contributed by atoms with Crippen molar-refractivity contribution in [1.82, 2.24) is 0 Å². The fraction of sp³-hybridized carbons (Fsp3) is 0.455. The van der Waals surface area contributed by atoms with E-state index >= 15 is 0 Å². The maximum atomic E-state index is 10.6. The van der Waals surface area contributed by atoms with Crippen molar-refractivity contribution >= 4 is 0 Å². The molecular formula is C11H13NO. The van der Waals surface area contributed by atoms with Gasteiger partial charge in [-0.2, -0.15) is 4.91 Å². The smallest absolute Gasteiger partial charge is 0.117 e. The van der Waals surface area contributed by atoms with E-state index < -0.39 is 0 Å². The Hall–Kier alpha value is -1.18. The summed E-state index contributed by atoms with van der Waals surface area (Å²) in [4.78, 5) is 10.6. The van der Waals surface area contributed by atoms with Gasteiger partial charge in [0.2, 0.25) is 0 Å². The lowest BCUT2D eigenvalue weighted by Crippen LogP contribution is -2.10. The van der Waals surface area contributed by atoms with Gasteiger partial charge in [-0.3, -0.25) is 0 Å². The summed E-state index contributed by atoms with van der Waals surface area (Å²) in [7, 11) is 0. The summed E-state index contributed by atoms with van der Waals surface area (Å²) in [5.41, 5.74) is 2.44. The third-order valence-corrected chi connectivity index (χ3v) is 2.89. The van der Waals surface area contributed by atoms with Gasteiger partial charge in [0, 0.05) is 0 Å². The van der Waals surface area contributed by atoms with E-state index in [0.717, 1.165) is 18.4 Å². The van der Waals surface area contributed by atoms with Gasteiger partial charge in [-0.15, -0.1) is 0 Å². The molecule has 1 aliphatic rings. The minimum absolute atomic E-state index is 0.104. The van der Waals surface area contributed by atoms with E-state index in [9.17, 15) is 4.91 Å². The minimum Gasteiger partial charge on any atom is -0.150 e. The van der Waals surface area contributed by atoms with Gasteiger partial charge in [0.15, 0.2) is 0 Å². The van der Waals surface area contributed by atoms with Crippen LogP contribution < -0.4 is 0 Å². The SMILES string of the molecule is CC1CCC(N=O)c2ccccc21. The Balaban J connectivity index is 2.47. The normalized spacial score (nSPS) is 26.5. The molecule has 1 aliphatic carbocycles. The zero-order valence-electron chi connectivity index (χ0n) is 7.73. The summed E-state index contributed by atoms with van der Waals surface area (Å²) in [6.07, 6.45) is 1.98. The Kier molecular flexibility index (Phi) is 2.13. The molecule has 13 heavy (non-hydrogen) atoms. The molecule has 2 rings (SSSR count). The molecule has 0 fully saturated rings. The Morgan fingerprint density at radius 3 is 2.62 bits per heavy atom. The van der Waals surface area contributed by atoms with Crippen LogP contribution in [-0.2, 0) is 0 Å². The van der Waals surface area contributed by atoms with Crippen LogP contribution >= 0.6 is 0 Å². The van der Waals surface area contributed by atoms with E-state index in [1.807, 2.05) is 18.2 Å². The van der Waals surface area contributed by atoms with Gasteiger partial charge in [-0.05, 0) is 29.9 Å². The lowest BCUT2D eigenvalue weighted by atomic mass is 9.81. The van der Waals surface area contributed by atoms with Crippen molar-refractivity contribution in [2.24, 2.45) is 5.18 Å². The molecule has 0 amide bonds. The van der Waals surface area contributed by atoms with E-state index in [4.69, 9.17) is 0 Å². The number of benzene rings is 1. The average molecular weight is 175 g/mol. The fourth-order valence-corrected chi connectivity index (χ4v) is 2.09. The van der Waals surface area contributed by atoms with Crippen LogP contribution in [0.5, 0.6) is 0 Å². The largest absolute Gasteiger partial charge is 0.150 e. The first-order chi connectivity index (χ1) is 6.33. The number of hydrogen-bond donors (Lipinski definition) is 0. The van der Waals surface area contributed by atoms with Crippen LogP contribution in [0.3, 0.4) is 0 Å². The molecule has 1 aromatic carbocycles. The van der Waals surface area contributed by atoms with E-state index in [1.165, 1.54) is 5.56 Å². The number of rotatable bonds is 1. The average Bonchev–Trinajstić information content (AvgIpc) is 2.19. The number of hydrogen-bond acceptors (Lipinski definition) is 2. The first kappa shape index (κ1) is 8.42. The highest BCUT2D eigenvalue weighted by atomic mass is 16.3. The molecule has 2 heteroatoms. The third-order valence-electron chi connectivity index (χ3n) is 2.89. The van der Waals surface area contributed by atoms with Crippen LogP contribution in [0.2, 0.25) is 0 Å². The molecule has 0 N–H and O–H groups in total. The molecule has 0 aliphatic heterocycles. The standard InChI is InChI=1S/C11H13NO/c1-8-6-7-11(12-13)10-5-3-2-4-9(8)10/h2-5,8,11H,6-7H2,1H3. The third kappa shape index (κ3) is 1.37. The van der Waals surface area contributed by atoms with Crippen molar-refractivity contribution < 1.29 is 0 Å². The second kappa shape index (κ2) is 3.29. The Morgan fingerprint density at radius 1 is 1.23 bits per heavy atom. The maximum Gasteiger partial charge on any atom is 0.117 e. The van der Waals surface area contributed by atoms with Crippen molar-refractivity contribution in [2.75, 3.05) is 0 Å². The van der Waals surface area contributed by atoms with Crippen LogP contribution in [0.15, 0.2) is 29.4 Å². The predicted molar refractivity (Wildman–Crippen MR) is 52.6 cm³/mol. The second-order valence-corrected chi connectivity index (χ2v) is 3.73. The lowest BCUT2D eigenvalue weighted by molar-refractivity contribution is 0.513. The van der Waals surface area contributed by atoms with Crippen molar-refractivity contribution in [2.45, 2.75) is 31.7 Å². The molecule has 0 saturated carbocycles. The van der Waals surface area contributed by atoms with Gasteiger partial charge in [-0.25, -0.2) is 0 Å². The van der Waals surface area contributed by atoms with Crippen LogP contribution in [0.1, 0.15) is 42.9 Å². The maximum absolute atomic E-state index is 10.6. The zero-order chi connectivity index (χ0) is 9.26. The van der Waals surface area contributed by atoms with Gasteiger partial charge >= 0.3 is 0 Å². The summed E-state index contributed by atoms with van der Waals surface area (Å²) >= 11 is 0. The van der Waals surface area contributed by atoms with Crippen LogP contribution in [0.25, 0.3) is 0 Å². The molecule has 68 valence electrons. The summed E-state index contributed by atoms with van der Waals surface area (Å²) in [6.45, 7) is 2.21. The highest BCUT2D eigenvalue weighted by Gasteiger charge is 2.24. The van der Waals surface area contributed by atoms with Crippen molar-refractivity contribution in [3.05, 3.63) is 40.3 Å². The Labute approximate surface area is 77.9 Å². The molecule has 0 aromatic heterocycles. The first-order valence-electron chi connectivity index (χ1n) is 4.74. The second-order valence-electron chi connectivity index (χ2n) is 3.73. The Morgan fingerprint density at radius 2 is 1.92 bits per heavy atom.